The van der Waals surface area contributed by atoms with Gasteiger partial charge in [-0.15, -0.1) is 0 Å². The van der Waals surface area contributed by atoms with E-state index in [4.69, 9.17) is 11.6 Å². The first-order valence-electron chi connectivity index (χ1n) is 6.52. The van der Waals surface area contributed by atoms with E-state index in [-0.39, 0.29) is 0 Å². The van der Waals surface area contributed by atoms with E-state index in [2.05, 4.69) is 0 Å². The predicted molar refractivity (Wildman–Crippen MR) is 81.4 cm³/mol. The molecule has 0 saturated carbocycles. The van der Waals surface area contributed by atoms with Crippen molar-refractivity contribution < 1.29 is 9.90 Å². The van der Waals surface area contributed by atoms with Gasteiger partial charge in [0.2, 0.25) is 0 Å². The summed E-state index contributed by atoms with van der Waals surface area (Å²) in [5.74, 6) is -1.47. The van der Waals surface area contributed by atoms with Gasteiger partial charge in [-0.3, -0.25) is 4.79 Å². The maximum Gasteiger partial charge on any atom is 0.311 e. The van der Waals surface area contributed by atoms with Gasteiger partial charge in [0.1, 0.15) is 0 Å². The normalized spacial score (nSPS) is 12.2. The van der Waals surface area contributed by atoms with Crippen molar-refractivity contribution in [3.8, 4) is 0 Å². The number of carboxylic acids is 1. The molecule has 2 aromatic rings. The van der Waals surface area contributed by atoms with E-state index in [9.17, 15) is 9.90 Å². The second kappa shape index (κ2) is 6.10. The van der Waals surface area contributed by atoms with Crippen LogP contribution in [-0.2, 0) is 11.2 Å². The number of benzene rings is 2. The van der Waals surface area contributed by atoms with Crippen LogP contribution in [0.5, 0.6) is 0 Å². The number of carboxylic acid groups (broad SMARTS) is 1. The molecule has 2 rings (SSSR count). The molecule has 0 aliphatic heterocycles. The van der Waals surface area contributed by atoms with Crippen molar-refractivity contribution in [1.82, 2.24) is 0 Å². The minimum absolute atomic E-state index is 0.451. The fourth-order valence-electron chi connectivity index (χ4n) is 2.33. The van der Waals surface area contributed by atoms with Gasteiger partial charge in [0.25, 0.3) is 0 Å². The van der Waals surface area contributed by atoms with Crippen LogP contribution in [0.25, 0.3) is 0 Å². The summed E-state index contributed by atoms with van der Waals surface area (Å²) >= 11 is 6.14. The number of aryl methyl sites for hydroxylation is 2. The van der Waals surface area contributed by atoms with E-state index < -0.39 is 11.9 Å². The molecule has 0 bridgehead atoms. The second-order valence-corrected chi connectivity index (χ2v) is 5.45. The minimum Gasteiger partial charge on any atom is -0.481 e. The highest BCUT2D eigenvalue weighted by Crippen LogP contribution is 2.29. The number of aliphatic carboxylic acids is 1. The number of hydrogen-bond acceptors (Lipinski definition) is 1. The van der Waals surface area contributed by atoms with Gasteiger partial charge in [-0.1, -0.05) is 53.6 Å². The molecule has 0 aliphatic carbocycles. The Hall–Kier alpha value is -1.80. The van der Waals surface area contributed by atoms with E-state index in [0.29, 0.717) is 17.0 Å². The Labute approximate surface area is 124 Å². The van der Waals surface area contributed by atoms with Crippen LogP contribution < -0.4 is 0 Å². The largest absolute Gasteiger partial charge is 0.481 e. The summed E-state index contributed by atoms with van der Waals surface area (Å²) in [5, 5.41) is 10.0. The van der Waals surface area contributed by atoms with Crippen molar-refractivity contribution in [2.24, 2.45) is 0 Å². The van der Waals surface area contributed by atoms with Crippen LogP contribution in [-0.4, -0.2) is 11.1 Å². The maximum atomic E-state index is 11.6. The van der Waals surface area contributed by atoms with Crippen molar-refractivity contribution in [2.45, 2.75) is 26.2 Å². The van der Waals surface area contributed by atoms with E-state index >= 15 is 0 Å². The third-order valence-corrected chi connectivity index (χ3v) is 3.85. The topological polar surface area (TPSA) is 37.3 Å². The Bertz CT molecular complexity index is 635. The number of rotatable bonds is 4. The average Bonchev–Trinajstić information content (AvgIpc) is 2.40. The van der Waals surface area contributed by atoms with E-state index in [1.54, 1.807) is 12.1 Å². The summed E-state index contributed by atoms with van der Waals surface area (Å²) in [6, 6.07) is 13.2. The molecule has 2 nitrogen and oxygen atoms in total. The predicted octanol–water partition coefficient (Wildman–Crippen LogP) is 4.37. The second-order valence-electron chi connectivity index (χ2n) is 5.05. The van der Waals surface area contributed by atoms with Crippen LogP contribution in [0.3, 0.4) is 0 Å². The molecule has 1 N–H and O–H groups in total. The van der Waals surface area contributed by atoms with Crippen molar-refractivity contribution >= 4 is 17.6 Å². The lowest BCUT2D eigenvalue weighted by atomic mass is 9.89. The van der Waals surface area contributed by atoms with Crippen LogP contribution in [0.15, 0.2) is 42.5 Å². The lowest BCUT2D eigenvalue weighted by molar-refractivity contribution is -0.138. The number of hydrogen-bond donors (Lipinski definition) is 1. The summed E-state index contributed by atoms with van der Waals surface area (Å²) in [5.41, 5.74) is 3.96. The molecule has 104 valence electrons. The Morgan fingerprint density at radius 2 is 1.90 bits per heavy atom. The van der Waals surface area contributed by atoms with Gasteiger partial charge in [-0.25, -0.2) is 0 Å². The van der Waals surface area contributed by atoms with E-state index in [0.717, 1.165) is 16.7 Å². The fraction of sp³-hybridized carbons (Fsp3) is 0.235. The molecule has 0 spiro atoms. The van der Waals surface area contributed by atoms with Gasteiger partial charge < -0.3 is 5.11 Å². The number of halogens is 1. The highest BCUT2D eigenvalue weighted by Gasteiger charge is 2.23. The van der Waals surface area contributed by atoms with Gasteiger partial charge in [-0.2, -0.15) is 0 Å². The van der Waals surface area contributed by atoms with Crippen LogP contribution in [0.1, 0.15) is 28.2 Å². The summed E-state index contributed by atoms with van der Waals surface area (Å²) < 4.78 is 0. The maximum absolute atomic E-state index is 11.6. The molecule has 0 saturated heterocycles. The Balaban J connectivity index is 2.38. The van der Waals surface area contributed by atoms with E-state index in [1.807, 2.05) is 44.2 Å². The number of carbonyl (C=O) groups is 1. The zero-order valence-electron chi connectivity index (χ0n) is 11.6. The Kier molecular flexibility index (Phi) is 4.46. The van der Waals surface area contributed by atoms with Crippen LogP contribution in [0.4, 0.5) is 0 Å². The van der Waals surface area contributed by atoms with Gasteiger partial charge in [0.15, 0.2) is 0 Å². The lowest BCUT2D eigenvalue weighted by Gasteiger charge is -2.16. The first kappa shape index (κ1) is 14.6. The standard InChI is InChI=1S/C17H17ClO2/c1-11-7-8-12(2)13(9-11)10-15(17(19)20)14-5-3-4-6-16(14)18/h3-9,15H,10H2,1-2H3,(H,19,20). The Morgan fingerprint density at radius 1 is 1.20 bits per heavy atom. The highest BCUT2D eigenvalue weighted by molar-refractivity contribution is 6.31. The average molecular weight is 289 g/mol. The zero-order valence-corrected chi connectivity index (χ0v) is 12.3. The van der Waals surface area contributed by atoms with Crippen LogP contribution >= 0.6 is 11.6 Å². The highest BCUT2D eigenvalue weighted by atomic mass is 35.5. The SMILES string of the molecule is Cc1ccc(C)c(CC(C(=O)O)c2ccccc2Cl)c1. The lowest BCUT2D eigenvalue weighted by Crippen LogP contribution is -2.15. The van der Waals surface area contributed by atoms with Crippen molar-refractivity contribution in [1.29, 1.82) is 0 Å². The summed E-state index contributed by atoms with van der Waals surface area (Å²) in [7, 11) is 0. The van der Waals surface area contributed by atoms with Crippen LogP contribution in [0, 0.1) is 13.8 Å². The summed E-state index contributed by atoms with van der Waals surface area (Å²) in [4.78, 5) is 11.6. The first-order valence-corrected chi connectivity index (χ1v) is 6.90. The summed E-state index contributed by atoms with van der Waals surface area (Å²) in [6.07, 6.45) is 0.451. The van der Waals surface area contributed by atoms with Gasteiger partial charge in [-0.05, 0) is 43.0 Å². The van der Waals surface area contributed by atoms with Crippen molar-refractivity contribution in [2.75, 3.05) is 0 Å². The molecule has 3 heteroatoms. The molecule has 1 unspecified atom stereocenters. The smallest absolute Gasteiger partial charge is 0.311 e. The molecule has 0 radical (unpaired) electrons. The molecule has 0 fully saturated rings. The monoisotopic (exact) mass is 288 g/mol. The van der Waals surface area contributed by atoms with Crippen molar-refractivity contribution in [3.63, 3.8) is 0 Å². The molecule has 0 amide bonds. The molecule has 1 atom stereocenters. The molecule has 20 heavy (non-hydrogen) atoms. The van der Waals surface area contributed by atoms with Gasteiger partial charge in [0.05, 0.1) is 5.92 Å². The van der Waals surface area contributed by atoms with Gasteiger partial charge in [0, 0.05) is 5.02 Å². The molecule has 2 aromatic carbocycles. The molecule has 0 heterocycles. The van der Waals surface area contributed by atoms with Crippen LogP contribution in [0.2, 0.25) is 5.02 Å². The third-order valence-electron chi connectivity index (χ3n) is 3.51. The molecular weight excluding hydrogens is 272 g/mol. The minimum atomic E-state index is -0.848. The van der Waals surface area contributed by atoms with E-state index in [1.165, 1.54) is 0 Å². The summed E-state index contributed by atoms with van der Waals surface area (Å²) in [6.45, 7) is 4.01. The molecular formula is C17H17ClO2. The molecule has 0 aliphatic rings. The third kappa shape index (κ3) is 3.20. The fourth-order valence-corrected chi connectivity index (χ4v) is 2.60. The zero-order chi connectivity index (χ0) is 14.7. The Morgan fingerprint density at radius 3 is 2.55 bits per heavy atom. The molecule has 0 aromatic heterocycles. The quantitative estimate of drug-likeness (QED) is 0.907. The van der Waals surface area contributed by atoms with Gasteiger partial charge >= 0.3 is 5.97 Å². The first-order chi connectivity index (χ1) is 9.49. The van der Waals surface area contributed by atoms with Crippen molar-refractivity contribution in [3.05, 3.63) is 69.7 Å².